The van der Waals surface area contributed by atoms with Crippen molar-refractivity contribution in [2.75, 3.05) is 32.8 Å². The molecular weight excluding hydrogens is 432 g/mol. The van der Waals surface area contributed by atoms with Gasteiger partial charge in [-0.2, -0.15) is 4.98 Å². The van der Waals surface area contributed by atoms with Crippen LogP contribution in [0, 0.1) is 6.92 Å². The number of hydrogen-bond donors (Lipinski definition) is 0. The topological polar surface area (TPSA) is 78.7 Å². The quantitative estimate of drug-likeness (QED) is 0.454. The molecule has 0 unspecified atom stereocenters. The minimum absolute atomic E-state index is 0.169. The predicted molar refractivity (Wildman–Crippen MR) is 123 cm³/mol. The van der Waals surface area contributed by atoms with E-state index in [0.717, 1.165) is 50.7 Å². The normalized spacial score (nSPS) is 15.2. The molecule has 5 rings (SSSR count). The molecule has 0 aliphatic carbocycles. The number of benzene rings is 1. The molecule has 10 heteroatoms. The summed E-state index contributed by atoms with van der Waals surface area (Å²) in [6.45, 7) is 7.13. The van der Waals surface area contributed by atoms with Gasteiger partial charge in [-0.05, 0) is 24.6 Å². The summed E-state index contributed by atoms with van der Waals surface area (Å²) in [7, 11) is 1.65. The van der Waals surface area contributed by atoms with Crippen molar-refractivity contribution >= 4 is 28.5 Å². The third-order valence-electron chi connectivity index (χ3n) is 6.14. The van der Waals surface area contributed by atoms with Crippen molar-refractivity contribution in [2.45, 2.75) is 20.0 Å². The van der Waals surface area contributed by atoms with E-state index in [9.17, 15) is 9.59 Å². The second-order valence-electron chi connectivity index (χ2n) is 8.19. The lowest BCUT2D eigenvalue weighted by molar-refractivity contribution is 0.0364. The van der Waals surface area contributed by atoms with Crippen LogP contribution in [0.25, 0.3) is 16.9 Å². The average molecular weight is 457 g/mol. The van der Waals surface area contributed by atoms with Gasteiger partial charge in [0, 0.05) is 50.1 Å². The van der Waals surface area contributed by atoms with Gasteiger partial charge in [0.05, 0.1) is 19.8 Å². The Hall–Kier alpha value is -2.88. The molecule has 1 fully saturated rings. The Kier molecular flexibility index (Phi) is 5.40. The number of nitrogens with zero attached hydrogens (tertiary/aromatic N) is 6. The first-order valence-electron chi connectivity index (χ1n) is 10.7. The zero-order chi connectivity index (χ0) is 22.4. The van der Waals surface area contributed by atoms with E-state index in [4.69, 9.17) is 21.3 Å². The maximum atomic E-state index is 13.4. The Morgan fingerprint density at radius 2 is 1.78 bits per heavy atom. The predicted octanol–water partition coefficient (Wildman–Crippen LogP) is 1.49. The molecule has 9 nitrogen and oxygen atoms in total. The molecule has 3 aromatic heterocycles. The number of morpholine rings is 1. The van der Waals surface area contributed by atoms with Crippen LogP contribution in [0.4, 0.5) is 0 Å². The molecule has 0 N–H and O–H groups in total. The molecular formula is C22H25ClN6O3. The molecule has 0 amide bonds. The molecule has 0 atom stereocenters. The molecule has 168 valence electrons. The summed E-state index contributed by atoms with van der Waals surface area (Å²) in [5, 5.41) is 0.607. The number of fused-ring (bicyclic) bond motifs is 3. The van der Waals surface area contributed by atoms with Gasteiger partial charge >= 0.3 is 5.69 Å². The van der Waals surface area contributed by atoms with Gasteiger partial charge in [-0.15, -0.1) is 0 Å². The van der Waals surface area contributed by atoms with Crippen LogP contribution in [0.15, 0.2) is 40.1 Å². The first-order chi connectivity index (χ1) is 15.4. The standard InChI is InChI=1S/C22H25ClN6O3/c1-15-13-28-18-19(24-21(28)27(15)8-7-26-9-11-32-12-10-26)25(2)22(31)29(20(18)30)14-16-3-5-17(23)6-4-16/h3-6,13H,7-12,14H2,1-2H3. The van der Waals surface area contributed by atoms with Gasteiger partial charge in [0.2, 0.25) is 5.78 Å². The smallest absolute Gasteiger partial charge is 0.332 e. The fraction of sp³-hybridized carbons (Fsp3) is 0.409. The van der Waals surface area contributed by atoms with Gasteiger partial charge < -0.3 is 9.30 Å². The lowest BCUT2D eigenvalue weighted by Crippen LogP contribution is -2.39. The second-order valence-corrected chi connectivity index (χ2v) is 8.63. The van der Waals surface area contributed by atoms with Crippen molar-refractivity contribution in [1.82, 2.24) is 28.0 Å². The van der Waals surface area contributed by atoms with E-state index in [2.05, 4.69) is 9.47 Å². The number of hydrogen-bond acceptors (Lipinski definition) is 5. The van der Waals surface area contributed by atoms with Crippen molar-refractivity contribution in [2.24, 2.45) is 7.05 Å². The molecule has 0 saturated carbocycles. The van der Waals surface area contributed by atoms with Gasteiger partial charge in [0.15, 0.2) is 11.2 Å². The SMILES string of the molecule is Cc1cn2c3c(=O)n(Cc4ccc(Cl)cc4)c(=O)n(C)c3nc2n1CCN1CCOCC1. The third-order valence-corrected chi connectivity index (χ3v) is 6.39. The summed E-state index contributed by atoms with van der Waals surface area (Å²) < 4.78 is 12.0. The summed E-state index contributed by atoms with van der Waals surface area (Å²) in [4.78, 5) is 33.4. The van der Waals surface area contributed by atoms with Crippen LogP contribution in [0.5, 0.6) is 0 Å². The van der Waals surface area contributed by atoms with E-state index in [1.165, 1.54) is 9.13 Å². The van der Waals surface area contributed by atoms with Gasteiger partial charge in [-0.25, -0.2) is 4.79 Å². The summed E-state index contributed by atoms with van der Waals surface area (Å²) in [6, 6.07) is 7.13. The van der Waals surface area contributed by atoms with Gasteiger partial charge in [-0.1, -0.05) is 23.7 Å². The van der Waals surface area contributed by atoms with E-state index < -0.39 is 5.69 Å². The van der Waals surface area contributed by atoms with Gasteiger partial charge in [0.1, 0.15) is 0 Å². The van der Waals surface area contributed by atoms with Crippen LogP contribution in [0.3, 0.4) is 0 Å². The second kappa shape index (κ2) is 8.23. The zero-order valence-electron chi connectivity index (χ0n) is 18.1. The maximum absolute atomic E-state index is 13.4. The Morgan fingerprint density at radius 3 is 2.50 bits per heavy atom. The third kappa shape index (κ3) is 3.56. The first kappa shape index (κ1) is 21.0. The number of imidazole rings is 2. The van der Waals surface area contributed by atoms with Crippen LogP contribution in [0.1, 0.15) is 11.3 Å². The number of aryl methyl sites for hydroxylation is 2. The summed E-state index contributed by atoms with van der Waals surface area (Å²) >= 11 is 5.97. The van der Waals surface area contributed by atoms with Crippen molar-refractivity contribution in [3.63, 3.8) is 0 Å². The summed E-state index contributed by atoms with van der Waals surface area (Å²) in [5.74, 6) is 0.669. The molecule has 4 aromatic rings. The Morgan fingerprint density at radius 1 is 1.06 bits per heavy atom. The molecule has 1 saturated heterocycles. The van der Waals surface area contributed by atoms with Gasteiger partial charge in [0.25, 0.3) is 5.56 Å². The molecule has 32 heavy (non-hydrogen) atoms. The highest BCUT2D eigenvalue weighted by molar-refractivity contribution is 6.30. The number of rotatable bonds is 5. The van der Waals surface area contributed by atoms with Gasteiger partial charge in [-0.3, -0.25) is 23.2 Å². The number of halogens is 1. The number of ether oxygens (including phenoxy) is 1. The lowest BCUT2D eigenvalue weighted by Gasteiger charge is -2.26. The van der Waals surface area contributed by atoms with Crippen molar-refractivity contribution < 1.29 is 4.74 Å². The van der Waals surface area contributed by atoms with Crippen LogP contribution in [-0.2, 0) is 24.9 Å². The molecule has 0 bridgehead atoms. The Balaban J connectivity index is 1.58. The van der Waals surface area contributed by atoms with E-state index in [0.29, 0.717) is 22.0 Å². The van der Waals surface area contributed by atoms with Crippen LogP contribution >= 0.6 is 11.6 Å². The van der Waals surface area contributed by atoms with E-state index in [1.54, 1.807) is 19.2 Å². The van der Waals surface area contributed by atoms with E-state index in [-0.39, 0.29) is 12.1 Å². The van der Waals surface area contributed by atoms with Crippen LogP contribution in [0.2, 0.25) is 5.02 Å². The molecule has 1 aliphatic rings. The average Bonchev–Trinajstić information content (AvgIpc) is 3.30. The lowest BCUT2D eigenvalue weighted by atomic mass is 10.2. The molecule has 0 radical (unpaired) electrons. The highest BCUT2D eigenvalue weighted by Crippen LogP contribution is 2.17. The van der Waals surface area contributed by atoms with Crippen molar-refractivity contribution in [3.05, 3.63) is 67.6 Å². The highest BCUT2D eigenvalue weighted by atomic mass is 35.5. The fourth-order valence-electron chi connectivity index (χ4n) is 4.31. The fourth-order valence-corrected chi connectivity index (χ4v) is 4.44. The summed E-state index contributed by atoms with van der Waals surface area (Å²) in [5.41, 5.74) is 1.89. The largest absolute Gasteiger partial charge is 0.379 e. The maximum Gasteiger partial charge on any atom is 0.332 e. The minimum atomic E-state index is -0.394. The molecule has 1 aliphatic heterocycles. The molecule has 0 spiro atoms. The van der Waals surface area contributed by atoms with Crippen molar-refractivity contribution in [3.8, 4) is 0 Å². The summed E-state index contributed by atoms with van der Waals surface area (Å²) in [6.07, 6.45) is 1.92. The van der Waals surface area contributed by atoms with E-state index in [1.807, 2.05) is 29.7 Å². The highest BCUT2D eigenvalue weighted by Gasteiger charge is 2.21. The van der Waals surface area contributed by atoms with Crippen LogP contribution < -0.4 is 11.2 Å². The Bertz CT molecular complexity index is 1410. The number of aromatic nitrogens is 5. The monoisotopic (exact) mass is 456 g/mol. The molecule has 1 aromatic carbocycles. The zero-order valence-corrected chi connectivity index (χ0v) is 18.9. The Labute approximate surface area is 189 Å². The first-order valence-corrected chi connectivity index (χ1v) is 11.0. The van der Waals surface area contributed by atoms with Crippen molar-refractivity contribution in [1.29, 1.82) is 0 Å². The molecule has 4 heterocycles. The minimum Gasteiger partial charge on any atom is -0.379 e. The van der Waals surface area contributed by atoms with E-state index >= 15 is 0 Å². The van der Waals surface area contributed by atoms with Crippen LogP contribution in [-0.4, -0.2) is 60.8 Å².